The van der Waals surface area contributed by atoms with Crippen molar-refractivity contribution in [2.75, 3.05) is 0 Å². The Hall–Kier alpha value is -3.60. The van der Waals surface area contributed by atoms with Crippen molar-refractivity contribution < 1.29 is 19.4 Å². The zero-order valence-corrected chi connectivity index (χ0v) is 17.3. The summed E-state index contributed by atoms with van der Waals surface area (Å²) >= 11 is 0. The summed E-state index contributed by atoms with van der Waals surface area (Å²) in [5, 5.41) is 9.22. The Morgan fingerprint density at radius 2 is 1.80 bits per heavy atom. The summed E-state index contributed by atoms with van der Waals surface area (Å²) in [6.45, 7) is 5.54. The van der Waals surface area contributed by atoms with E-state index in [9.17, 15) is 14.7 Å². The van der Waals surface area contributed by atoms with Crippen LogP contribution in [0.3, 0.4) is 0 Å². The van der Waals surface area contributed by atoms with Gasteiger partial charge in [0.1, 0.15) is 5.75 Å². The van der Waals surface area contributed by atoms with Gasteiger partial charge in [-0.05, 0) is 50.6 Å². The van der Waals surface area contributed by atoms with Gasteiger partial charge in [0.25, 0.3) is 0 Å². The molecule has 3 aromatic rings. The van der Waals surface area contributed by atoms with E-state index in [1.165, 1.54) is 13.8 Å². The first-order chi connectivity index (χ1) is 14.3. The molecule has 5 heteroatoms. The van der Waals surface area contributed by atoms with Crippen molar-refractivity contribution >= 4 is 17.8 Å². The van der Waals surface area contributed by atoms with Crippen LogP contribution in [0.4, 0.5) is 0 Å². The molecule has 0 unspecified atom stereocenters. The van der Waals surface area contributed by atoms with E-state index < -0.39 is 11.6 Å². The van der Waals surface area contributed by atoms with E-state index in [1.54, 1.807) is 12.1 Å². The van der Waals surface area contributed by atoms with Crippen LogP contribution in [-0.2, 0) is 11.3 Å². The van der Waals surface area contributed by atoms with Crippen LogP contribution in [-0.4, -0.2) is 27.0 Å². The van der Waals surface area contributed by atoms with E-state index >= 15 is 0 Å². The topological polar surface area (TPSA) is 68.5 Å². The van der Waals surface area contributed by atoms with Gasteiger partial charge in [-0.25, -0.2) is 4.79 Å². The molecule has 3 rings (SSSR count). The molecule has 30 heavy (non-hydrogen) atoms. The van der Waals surface area contributed by atoms with Crippen molar-refractivity contribution in [1.29, 1.82) is 0 Å². The van der Waals surface area contributed by atoms with Crippen molar-refractivity contribution in [2.24, 2.45) is 0 Å². The minimum atomic E-state index is -1.31. The second-order valence-corrected chi connectivity index (χ2v) is 7.63. The van der Waals surface area contributed by atoms with Crippen molar-refractivity contribution in [3.63, 3.8) is 0 Å². The third-order valence-corrected chi connectivity index (χ3v) is 4.73. The lowest BCUT2D eigenvalue weighted by molar-refractivity contribution is -0.152. The highest BCUT2D eigenvalue weighted by Gasteiger charge is 2.29. The van der Waals surface area contributed by atoms with Gasteiger partial charge < -0.3 is 14.4 Å². The van der Waals surface area contributed by atoms with Gasteiger partial charge in [-0.2, -0.15) is 0 Å². The number of ether oxygens (including phenoxy) is 1. The molecule has 5 nitrogen and oxygen atoms in total. The Kier molecular flexibility index (Phi) is 6.21. The Morgan fingerprint density at radius 3 is 2.50 bits per heavy atom. The van der Waals surface area contributed by atoms with Gasteiger partial charge in [-0.1, -0.05) is 54.1 Å². The largest absolute Gasteiger partial charge is 0.478 e. The molecule has 0 saturated carbocycles. The molecular formula is C25H25NO4. The smallest absolute Gasteiger partial charge is 0.347 e. The molecule has 154 valence electrons. The molecule has 0 atom stereocenters. The van der Waals surface area contributed by atoms with Crippen molar-refractivity contribution in [2.45, 2.75) is 32.9 Å². The van der Waals surface area contributed by atoms with E-state index in [2.05, 4.69) is 0 Å². The number of aryl methyl sites for hydroxylation is 1. The van der Waals surface area contributed by atoms with Crippen molar-refractivity contribution in [3.05, 3.63) is 95.3 Å². The van der Waals surface area contributed by atoms with E-state index in [0.717, 1.165) is 11.1 Å². The molecule has 0 amide bonds. The molecule has 0 aliphatic heterocycles. The number of allylic oxidation sites excluding steroid dienone is 1. The minimum Gasteiger partial charge on any atom is -0.478 e. The maximum absolute atomic E-state index is 12.8. The molecule has 0 spiro atoms. The summed E-state index contributed by atoms with van der Waals surface area (Å²) in [5.74, 6) is -0.553. The zero-order chi connectivity index (χ0) is 21.7. The van der Waals surface area contributed by atoms with Gasteiger partial charge in [0.15, 0.2) is 5.60 Å². The van der Waals surface area contributed by atoms with Crippen LogP contribution in [0.15, 0.2) is 72.9 Å². The van der Waals surface area contributed by atoms with Gasteiger partial charge in [-0.15, -0.1) is 0 Å². The molecule has 0 aliphatic carbocycles. The van der Waals surface area contributed by atoms with Crippen LogP contribution >= 0.6 is 0 Å². The first-order valence-corrected chi connectivity index (χ1v) is 9.72. The zero-order valence-electron chi connectivity index (χ0n) is 17.3. The molecule has 0 fully saturated rings. The molecule has 0 bridgehead atoms. The van der Waals surface area contributed by atoms with Crippen LogP contribution in [0, 0.1) is 6.92 Å². The highest BCUT2D eigenvalue weighted by Crippen LogP contribution is 2.21. The molecule has 1 heterocycles. The lowest BCUT2D eigenvalue weighted by Crippen LogP contribution is -2.37. The molecule has 2 aromatic carbocycles. The average molecular weight is 403 g/mol. The molecule has 1 aromatic heterocycles. The molecule has 0 radical (unpaired) electrons. The number of nitrogens with zero attached hydrogens (tertiary/aromatic N) is 1. The van der Waals surface area contributed by atoms with Crippen LogP contribution in [0.2, 0.25) is 0 Å². The van der Waals surface area contributed by atoms with Crippen LogP contribution < -0.4 is 4.74 Å². The second-order valence-electron chi connectivity index (χ2n) is 7.63. The minimum absolute atomic E-state index is 0.0142. The lowest BCUT2D eigenvalue weighted by Gasteiger charge is -2.21. The molecule has 0 saturated heterocycles. The number of carbonyl (C=O) groups is 2. The van der Waals surface area contributed by atoms with Crippen LogP contribution in [0.25, 0.3) is 6.08 Å². The summed E-state index contributed by atoms with van der Waals surface area (Å²) in [5.41, 5.74) is 1.98. The van der Waals surface area contributed by atoms with Crippen molar-refractivity contribution in [1.82, 2.24) is 4.57 Å². The Bertz CT molecular complexity index is 1070. The fourth-order valence-electron chi connectivity index (χ4n) is 2.95. The van der Waals surface area contributed by atoms with Crippen LogP contribution in [0.1, 0.15) is 41.0 Å². The normalized spacial score (nSPS) is 11.6. The predicted molar refractivity (Wildman–Crippen MR) is 117 cm³/mol. The molecular weight excluding hydrogens is 378 g/mol. The number of carboxylic acids is 1. The maximum Gasteiger partial charge on any atom is 0.347 e. The monoisotopic (exact) mass is 403 g/mol. The van der Waals surface area contributed by atoms with E-state index in [4.69, 9.17) is 4.74 Å². The summed E-state index contributed by atoms with van der Waals surface area (Å²) in [6.07, 6.45) is 5.74. The Balaban J connectivity index is 1.70. The Morgan fingerprint density at radius 1 is 1.07 bits per heavy atom. The number of carbonyl (C=O) groups excluding carboxylic acids is 1. The SMILES string of the molecule is Cc1ccc(C(=O)c2cccn2C/C=C/c2cccc(OC(C)(C)C(=O)O)c2)cc1. The number of aromatic nitrogens is 1. The van der Waals surface area contributed by atoms with Crippen molar-refractivity contribution in [3.8, 4) is 5.75 Å². The molecule has 1 N–H and O–H groups in total. The summed E-state index contributed by atoms with van der Waals surface area (Å²) < 4.78 is 7.48. The second kappa shape index (κ2) is 8.82. The number of ketones is 1. The fourth-order valence-corrected chi connectivity index (χ4v) is 2.95. The summed E-state index contributed by atoms with van der Waals surface area (Å²) in [6, 6.07) is 18.5. The lowest BCUT2D eigenvalue weighted by atomic mass is 10.1. The van der Waals surface area contributed by atoms with Gasteiger partial charge >= 0.3 is 5.97 Å². The van der Waals surface area contributed by atoms with Gasteiger partial charge in [-0.3, -0.25) is 4.79 Å². The number of aliphatic carboxylic acids is 1. The summed E-state index contributed by atoms with van der Waals surface area (Å²) in [4.78, 5) is 24.0. The summed E-state index contributed by atoms with van der Waals surface area (Å²) in [7, 11) is 0. The van der Waals surface area contributed by atoms with Crippen LogP contribution in [0.5, 0.6) is 5.75 Å². The quantitative estimate of drug-likeness (QED) is 0.539. The number of benzene rings is 2. The predicted octanol–water partition coefficient (Wildman–Crippen LogP) is 4.98. The third kappa shape index (κ3) is 5.06. The van der Waals surface area contributed by atoms with E-state index in [0.29, 0.717) is 23.6 Å². The first kappa shape index (κ1) is 21.1. The standard InChI is InChI=1S/C25H25NO4/c1-18-11-13-20(14-12-18)23(27)22-10-6-16-26(22)15-5-8-19-7-4-9-21(17-19)30-25(2,3)24(28)29/h4-14,16-17H,15H2,1-3H3,(H,28,29)/b8-5+. The van der Waals surface area contributed by atoms with E-state index in [1.807, 2.05) is 78.4 Å². The number of carboxylic acid groups (broad SMARTS) is 1. The maximum atomic E-state index is 12.8. The first-order valence-electron chi connectivity index (χ1n) is 9.72. The highest BCUT2D eigenvalue weighted by atomic mass is 16.5. The number of rotatable bonds is 8. The Labute approximate surface area is 176 Å². The number of hydrogen-bond acceptors (Lipinski definition) is 3. The third-order valence-electron chi connectivity index (χ3n) is 4.73. The average Bonchev–Trinajstić information content (AvgIpc) is 3.16. The van der Waals surface area contributed by atoms with Gasteiger partial charge in [0.2, 0.25) is 5.78 Å². The van der Waals surface area contributed by atoms with E-state index in [-0.39, 0.29) is 5.78 Å². The fraction of sp³-hybridized carbons (Fsp3) is 0.200. The number of hydrogen-bond donors (Lipinski definition) is 1. The molecule has 0 aliphatic rings. The highest BCUT2D eigenvalue weighted by molar-refractivity contribution is 6.08. The van der Waals surface area contributed by atoms with Gasteiger partial charge in [0, 0.05) is 18.3 Å². The van der Waals surface area contributed by atoms with Gasteiger partial charge in [0.05, 0.1) is 5.69 Å².